The molecule has 3 aromatic rings. The van der Waals surface area contributed by atoms with E-state index in [9.17, 15) is 4.79 Å². The third-order valence-electron chi connectivity index (χ3n) is 3.78. The van der Waals surface area contributed by atoms with Gasteiger partial charge in [-0.3, -0.25) is 14.8 Å². The van der Waals surface area contributed by atoms with E-state index in [1.165, 1.54) is 22.5 Å². The van der Waals surface area contributed by atoms with Gasteiger partial charge in [0.05, 0.1) is 5.69 Å². The van der Waals surface area contributed by atoms with E-state index >= 15 is 0 Å². The van der Waals surface area contributed by atoms with Gasteiger partial charge < -0.3 is 0 Å². The number of thiazole rings is 1. The smallest absolute Gasteiger partial charge is 0.275 e. The number of hydrogen-bond donors (Lipinski definition) is 1. The van der Waals surface area contributed by atoms with Crippen molar-refractivity contribution in [1.82, 2.24) is 14.8 Å². The van der Waals surface area contributed by atoms with Crippen molar-refractivity contribution in [1.29, 1.82) is 0 Å². The highest BCUT2D eigenvalue weighted by molar-refractivity contribution is 7.14. The summed E-state index contributed by atoms with van der Waals surface area (Å²) in [6, 6.07) is 7.95. The number of hydrogen-bond acceptors (Lipinski definition) is 4. The number of aromatic nitrogens is 3. The van der Waals surface area contributed by atoms with Crippen molar-refractivity contribution >= 4 is 22.4 Å². The van der Waals surface area contributed by atoms with Crippen molar-refractivity contribution in [2.75, 3.05) is 5.32 Å². The third-order valence-corrected chi connectivity index (χ3v) is 4.53. The van der Waals surface area contributed by atoms with Gasteiger partial charge in [0.15, 0.2) is 5.13 Å². The first-order valence-electron chi connectivity index (χ1n) is 7.45. The van der Waals surface area contributed by atoms with Crippen LogP contribution in [0, 0.1) is 13.8 Å². The summed E-state index contributed by atoms with van der Waals surface area (Å²) in [5.74, 6) is -0.190. The van der Waals surface area contributed by atoms with Crippen molar-refractivity contribution in [3.63, 3.8) is 0 Å². The van der Waals surface area contributed by atoms with Gasteiger partial charge in [0, 0.05) is 23.7 Å². The van der Waals surface area contributed by atoms with E-state index in [1.807, 2.05) is 12.3 Å². The first-order valence-corrected chi connectivity index (χ1v) is 8.32. The number of benzene rings is 1. The molecule has 0 fully saturated rings. The van der Waals surface area contributed by atoms with Crippen LogP contribution in [0.4, 0.5) is 5.13 Å². The molecule has 0 unspecified atom stereocenters. The SMILES string of the molecule is CCn1nccc1C(=O)Nc1nc(-c2ccc(C)c(C)c2)cs1. The van der Waals surface area contributed by atoms with Crippen molar-refractivity contribution in [2.24, 2.45) is 0 Å². The number of rotatable bonds is 4. The first kappa shape index (κ1) is 15.4. The Labute approximate surface area is 139 Å². The molecule has 0 saturated carbocycles. The molecule has 6 heteroatoms. The fraction of sp³-hybridized carbons (Fsp3) is 0.235. The minimum absolute atomic E-state index is 0.190. The molecular formula is C17H18N4OS. The minimum Gasteiger partial charge on any atom is -0.296 e. The number of carbonyl (C=O) groups excluding carboxylic acids is 1. The van der Waals surface area contributed by atoms with Gasteiger partial charge in [-0.2, -0.15) is 5.10 Å². The van der Waals surface area contributed by atoms with Crippen LogP contribution in [-0.4, -0.2) is 20.7 Å². The average molecular weight is 326 g/mol. The van der Waals surface area contributed by atoms with Crippen molar-refractivity contribution in [3.8, 4) is 11.3 Å². The second-order valence-corrected chi connectivity index (χ2v) is 6.18. The molecule has 118 valence electrons. The molecule has 23 heavy (non-hydrogen) atoms. The Kier molecular flexibility index (Phi) is 4.25. The van der Waals surface area contributed by atoms with Gasteiger partial charge in [0.1, 0.15) is 5.69 Å². The van der Waals surface area contributed by atoms with Crippen molar-refractivity contribution < 1.29 is 4.79 Å². The Morgan fingerprint density at radius 2 is 2.09 bits per heavy atom. The molecule has 0 radical (unpaired) electrons. The standard InChI is InChI=1S/C17H18N4OS/c1-4-21-15(7-8-18-21)16(22)20-17-19-14(10-23-17)13-6-5-11(2)12(3)9-13/h5-10H,4H2,1-3H3,(H,19,20,22). The lowest BCUT2D eigenvalue weighted by molar-refractivity contribution is 0.101. The Hall–Kier alpha value is -2.47. The van der Waals surface area contributed by atoms with Gasteiger partial charge in [0.25, 0.3) is 5.91 Å². The second-order valence-electron chi connectivity index (χ2n) is 5.32. The molecule has 1 amide bonds. The van der Waals surface area contributed by atoms with Crippen molar-refractivity contribution in [3.05, 3.63) is 52.7 Å². The number of nitrogens with zero attached hydrogens (tertiary/aromatic N) is 3. The predicted octanol–water partition coefficient (Wildman–Crippen LogP) is 3.90. The summed E-state index contributed by atoms with van der Waals surface area (Å²) in [7, 11) is 0. The molecule has 1 N–H and O–H groups in total. The average Bonchev–Trinajstić information content (AvgIpc) is 3.18. The molecule has 2 aromatic heterocycles. The van der Waals surface area contributed by atoms with Crippen LogP contribution >= 0.6 is 11.3 Å². The molecule has 2 heterocycles. The van der Waals surface area contributed by atoms with E-state index in [0.717, 1.165) is 11.3 Å². The lowest BCUT2D eigenvalue weighted by Crippen LogP contribution is -2.17. The summed E-state index contributed by atoms with van der Waals surface area (Å²) in [5.41, 5.74) is 4.95. The van der Waals surface area contributed by atoms with E-state index in [2.05, 4.69) is 47.4 Å². The monoisotopic (exact) mass is 326 g/mol. The predicted molar refractivity (Wildman–Crippen MR) is 92.9 cm³/mol. The Morgan fingerprint density at radius 1 is 1.26 bits per heavy atom. The molecule has 0 aliphatic heterocycles. The van der Waals surface area contributed by atoms with E-state index in [-0.39, 0.29) is 5.91 Å². The summed E-state index contributed by atoms with van der Waals surface area (Å²) in [4.78, 5) is 16.8. The van der Waals surface area contributed by atoms with Crippen LogP contribution in [-0.2, 0) is 6.54 Å². The number of aryl methyl sites for hydroxylation is 3. The Balaban J connectivity index is 1.79. The molecule has 0 aliphatic carbocycles. The molecular weight excluding hydrogens is 308 g/mol. The highest BCUT2D eigenvalue weighted by atomic mass is 32.1. The zero-order chi connectivity index (χ0) is 16.4. The van der Waals surface area contributed by atoms with Gasteiger partial charge in [-0.15, -0.1) is 11.3 Å². The number of anilines is 1. The van der Waals surface area contributed by atoms with Crippen molar-refractivity contribution in [2.45, 2.75) is 27.3 Å². The van der Waals surface area contributed by atoms with E-state index in [1.54, 1.807) is 16.9 Å². The summed E-state index contributed by atoms with van der Waals surface area (Å²) < 4.78 is 1.66. The summed E-state index contributed by atoms with van der Waals surface area (Å²) in [6.45, 7) is 6.77. The van der Waals surface area contributed by atoms with E-state index < -0.39 is 0 Å². The molecule has 1 aromatic carbocycles. The Morgan fingerprint density at radius 3 is 2.83 bits per heavy atom. The Bertz CT molecular complexity index is 850. The van der Waals surface area contributed by atoms with Gasteiger partial charge in [-0.05, 0) is 44.0 Å². The summed E-state index contributed by atoms with van der Waals surface area (Å²) in [6.07, 6.45) is 1.63. The number of nitrogens with one attached hydrogen (secondary N) is 1. The van der Waals surface area contributed by atoms with Gasteiger partial charge in [-0.1, -0.05) is 12.1 Å². The van der Waals surface area contributed by atoms with Crippen LogP contribution in [0.15, 0.2) is 35.8 Å². The second kappa shape index (κ2) is 6.34. The minimum atomic E-state index is -0.190. The molecule has 0 aliphatic rings. The quantitative estimate of drug-likeness (QED) is 0.791. The van der Waals surface area contributed by atoms with Crippen LogP contribution in [0.3, 0.4) is 0 Å². The van der Waals surface area contributed by atoms with Crippen LogP contribution in [0.25, 0.3) is 11.3 Å². The fourth-order valence-corrected chi connectivity index (χ4v) is 3.02. The highest BCUT2D eigenvalue weighted by Crippen LogP contribution is 2.26. The number of amides is 1. The largest absolute Gasteiger partial charge is 0.296 e. The lowest BCUT2D eigenvalue weighted by Gasteiger charge is -2.04. The van der Waals surface area contributed by atoms with E-state index in [0.29, 0.717) is 17.4 Å². The molecule has 0 spiro atoms. The maximum atomic E-state index is 12.3. The van der Waals surface area contributed by atoms with E-state index in [4.69, 9.17) is 0 Å². The lowest BCUT2D eigenvalue weighted by atomic mass is 10.1. The van der Waals surface area contributed by atoms with Crippen LogP contribution < -0.4 is 5.32 Å². The zero-order valence-corrected chi connectivity index (χ0v) is 14.1. The first-order chi connectivity index (χ1) is 11.1. The molecule has 5 nitrogen and oxygen atoms in total. The molecule has 0 saturated heterocycles. The van der Waals surface area contributed by atoms with Crippen LogP contribution in [0.1, 0.15) is 28.5 Å². The normalized spacial score (nSPS) is 10.7. The number of carbonyl (C=O) groups is 1. The zero-order valence-electron chi connectivity index (χ0n) is 13.3. The molecule has 0 atom stereocenters. The third kappa shape index (κ3) is 3.17. The van der Waals surface area contributed by atoms with Crippen LogP contribution in [0.2, 0.25) is 0 Å². The summed E-state index contributed by atoms with van der Waals surface area (Å²) >= 11 is 1.42. The van der Waals surface area contributed by atoms with Crippen LogP contribution in [0.5, 0.6) is 0 Å². The maximum Gasteiger partial charge on any atom is 0.275 e. The maximum absolute atomic E-state index is 12.3. The molecule has 0 bridgehead atoms. The molecule has 3 rings (SSSR count). The van der Waals surface area contributed by atoms with Gasteiger partial charge in [0.2, 0.25) is 0 Å². The van der Waals surface area contributed by atoms with Gasteiger partial charge in [-0.25, -0.2) is 4.98 Å². The fourth-order valence-electron chi connectivity index (χ4n) is 2.30. The topological polar surface area (TPSA) is 59.8 Å². The summed E-state index contributed by atoms with van der Waals surface area (Å²) in [5, 5.41) is 9.49. The highest BCUT2D eigenvalue weighted by Gasteiger charge is 2.13. The van der Waals surface area contributed by atoms with Gasteiger partial charge >= 0.3 is 0 Å².